The third-order valence-electron chi connectivity index (χ3n) is 4.89. The SMILES string of the molecule is CN1CCC(O)(C#Cc2cccc(-c3nc(C(N)=O)n4ccc(Cl)cc34)c2)C1=O. The topological polar surface area (TPSA) is 101 Å². The number of carbonyl (C=O) groups is 2. The van der Waals surface area contributed by atoms with E-state index in [0.717, 1.165) is 0 Å². The number of likely N-dealkylation sites (N-methyl/N-ethyl adjacent to an activating group) is 1. The summed E-state index contributed by atoms with van der Waals surface area (Å²) in [5.41, 5.74) is 6.24. The Bertz CT molecular complexity index is 1220. The number of carbonyl (C=O) groups excluding carboxylic acids is 2. The van der Waals surface area contributed by atoms with E-state index in [4.69, 9.17) is 17.3 Å². The van der Waals surface area contributed by atoms with Gasteiger partial charge in [0.15, 0.2) is 0 Å². The number of nitrogens with zero attached hydrogens (tertiary/aromatic N) is 3. The molecular weight excluding hydrogens is 392 g/mol. The number of halogens is 1. The largest absolute Gasteiger partial charge is 0.369 e. The van der Waals surface area contributed by atoms with E-state index in [-0.39, 0.29) is 12.2 Å². The molecule has 1 aliphatic rings. The quantitative estimate of drug-likeness (QED) is 0.630. The highest BCUT2D eigenvalue weighted by atomic mass is 35.5. The molecule has 7 nitrogen and oxygen atoms in total. The minimum absolute atomic E-state index is 0.0945. The molecule has 0 spiro atoms. The Hall–Kier alpha value is -3.34. The second kappa shape index (κ2) is 6.92. The van der Waals surface area contributed by atoms with E-state index in [1.54, 1.807) is 48.0 Å². The van der Waals surface area contributed by atoms with Crippen molar-refractivity contribution in [3.8, 4) is 23.1 Å². The highest BCUT2D eigenvalue weighted by molar-refractivity contribution is 6.31. The van der Waals surface area contributed by atoms with Crippen LogP contribution in [0.2, 0.25) is 5.02 Å². The Morgan fingerprint density at radius 3 is 2.83 bits per heavy atom. The molecule has 0 bridgehead atoms. The van der Waals surface area contributed by atoms with E-state index in [9.17, 15) is 14.7 Å². The molecule has 1 saturated heterocycles. The van der Waals surface area contributed by atoms with Gasteiger partial charge in [0.2, 0.25) is 11.4 Å². The zero-order valence-corrected chi connectivity index (χ0v) is 16.3. The van der Waals surface area contributed by atoms with Gasteiger partial charge in [-0.1, -0.05) is 35.6 Å². The summed E-state index contributed by atoms with van der Waals surface area (Å²) in [5, 5.41) is 11.0. The summed E-state index contributed by atoms with van der Waals surface area (Å²) in [7, 11) is 1.63. The number of primary amides is 1. The van der Waals surface area contributed by atoms with Gasteiger partial charge in [-0.3, -0.25) is 14.0 Å². The monoisotopic (exact) mass is 408 g/mol. The molecule has 3 aromatic rings. The molecule has 3 heterocycles. The summed E-state index contributed by atoms with van der Waals surface area (Å²) in [6.45, 7) is 0.460. The number of hydrogen-bond acceptors (Lipinski definition) is 4. The molecule has 8 heteroatoms. The molecule has 1 atom stereocenters. The molecule has 0 aliphatic carbocycles. The van der Waals surface area contributed by atoms with E-state index >= 15 is 0 Å². The first-order valence-electron chi connectivity index (χ1n) is 8.87. The van der Waals surface area contributed by atoms with Crippen LogP contribution in [0.1, 0.15) is 22.6 Å². The lowest BCUT2D eigenvalue weighted by molar-refractivity contribution is -0.137. The van der Waals surface area contributed by atoms with Crippen LogP contribution in [0.15, 0.2) is 42.6 Å². The predicted molar refractivity (Wildman–Crippen MR) is 108 cm³/mol. The minimum atomic E-state index is -1.67. The molecule has 146 valence electrons. The summed E-state index contributed by atoms with van der Waals surface area (Å²) < 4.78 is 1.58. The molecule has 1 fully saturated rings. The second-order valence-electron chi connectivity index (χ2n) is 6.92. The van der Waals surface area contributed by atoms with Crippen molar-refractivity contribution in [1.29, 1.82) is 0 Å². The van der Waals surface area contributed by atoms with Crippen LogP contribution in [0, 0.1) is 11.8 Å². The second-order valence-corrected chi connectivity index (χ2v) is 7.35. The first-order valence-corrected chi connectivity index (χ1v) is 9.25. The summed E-state index contributed by atoms with van der Waals surface area (Å²) in [6.07, 6.45) is 1.90. The summed E-state index contributed by atoms with van der Waals surface area (Å²) >= 11 is 6.12. The smallest absolute Gasteiger partial charge is 0.285 e. The molecule has 0 radical (unpaired) electrons. The van der Waals surface area contributed by atoms with Crippen molar-refractivity contribution in [3.63, 3.8) is 0 Å². The summed E-state index contributed by atoms with van der Waals surface area (Å²) in [5.74, 6) is 4.61. The molecule has 3 N–H and O–H groups in total. The highest BCUT2D eigenvalue weighted by Gasteiger charge is 2.42. The van der Waals surface area contributed by atoms with Gasteiger partial charge in [0.1, 0.15) is 0 Å². The first kappa shape index (κ1) is 19.0. The average molecular weight is 409 g/mol. The third-order valence-corrected chi connectivity index (χ3v) is 5.12. The van der Waals surface area contributed by atoms with Gasteiger partial charge in [-0.25, -0.2) is 4.98 Å². The maximum atomic E-state index is 12.1. The van der Waals surface area contributed by atoms with Crippen LogP contribution in [0.4, 0.5) is 0 Å². The number of imidazole rings is 1. The van der Waals surface area contributed by atoms with Gasteiger partial charge >= 0.3 is 0 Å². The number of rotatable bonds is 2. The number of amides is 2. The number of pyridine rings is 1. The van der Waals surface area contributed by atoms with Crippen LogP contribution in [-0.4, -0.2) is 50.4 Å². The number of likely N-dealkylation sites (tertiary alicyclic amines) is 1. The van der Waals surface area contributed by atoms with Gasteiger partial charge in [0, 0.05) is 42.4 Å². The van der Waals surface area contributed by atoms with E-state index < -0.39 is 17.4 Å². The maximum absolute atomic E-state index is 12.1. The van der Waals surface area contributed by atoms with Crippen LogP contribution in [0.3, 0.4) is 0 Å². The lowest BCUT2D eigenvalue weighted by atomic mass is 10.0. The normalized spacial score (nSPS) is 18.7. The molecule has 1 aromatic carbocycles. The van der Waals surface area contributed by atoms with Gasteiger partial charge in [-0.2, -0.15) is 0 Å². The highest BCUT2D eigenvalue weighted by Crippen LogP contribution is 2.28. The summed E-state index contributed by atoms with van der Waals surface area (Å²) in [6, 6.07) is 10.5. The van der Waals surface area contributed by atoms with Crippen molar-refractivity contribution in [2.24, 2.45) is 5.73 Å². The molecule has 4 rings (SSSR count). The number of fused-ring (bicyclic) bond motifs is 1. The fourth-order valence-electron chi connectivity index (χ4n) is 3.33. The lowest BCUT2D eigenvalue weighted by Crippen LogP contribution is -2.37. The van der Waals surface area contributed by atoms with E-state index in [1.807, 2.05) is 6.07 Å². The Labute approximate surface area is 171 Å². The van der Waals surface area contributed by atoms with Crippen LogP contribution >= 0.6 is 11.6 Å². The Morgan fingerprint density at radius 2 is 2.14 bits per heavy atom. The van der Waals surface area contributed by atoms with Crippen LogP contribution in [-0.2, 0) is 4.79 Å². The molecule has 2 amide bonds. The van der Waals surface area contributed by atoms with Gasteiger partial charge < -0.3 is 15.7 Å². The standard InChI is InChI=1S/C21H17ClN4O3/c1-25-10-8-21(29,20(25)28)7-5-13-3-2-4-14(11-13)17-16-12-15(22)6-9-26(16)19(24-17)18(23)27/h2-4,6,9,11-12,29H,8,10H2,1H3,(H2,23,27). The first-order chi connectivity index (χ1) is 13.8. The van der Waals surface area contributed by atoms with Crippen molar-refractivity contribution in [1.82, 2.24) is 14.3 Å². The summed E-state index contributed by atoms with van der Waals surface area (Å²) in [4.78, 5) is 29.7. The van der Waals surface area contributed by atoms with E-state index in [0.29, 0.717) is 33.9 Å². The van der Waals surface area contributed by atoms with Gasteiger partial charge in [-0.15, -0.1) is 0 Å². The van der Waals surface area contributed by atoms with Crippen molar-refractivity contribution >= 4 is 28.9 Å². The van der Waals surface area contributed by atoms with Crippen molar-refractivity contribution < 1.29 is 14.7 Å². The van der Waals surface area contributed by atoms with Crippen LogP contribution in [0.25, 0.3) is 16.8 Å². The number of aromatic nitrogens is 2. The van der Waals surface area contributed by atoms with Gasteiger partial charge in [0.05, 0.1) is 11.2 Å². The Morgan fingerprint density at radius 1 is 1.34 bits per heavy atom. The number of hydrogen-bond donors (Lipinski definition) is 2. The zero-order valence-electron chi connectivity index (χ0n) is 15.5. The minimum Gasteiger partial charge on any atom is -0.369 e. The van der Waals surface area contributed by atoms with E-state index in [2.05, 4.69) is 16.8 Å². The predicted octanol–water partition coefficient (Wildman–Crippen LogP) is 1.70. The number of nitrogens with two attached hydrogens (primary N) is 1. The Kier molecular flexibility index (Phi) is 4.53. The van der Waals surface area contributed by atoms with Crippen molar-refractivity contribution in [2.45, 2.75) is 12.0 Å². The number of benzene rings is 1. The fourth-order valence-corrected chi connectivity index (χ4v) is 3.49. The molecule has 1 unspecified atom stereocenters. The van der Waals surface area contributed by atoms with Crippen LogP contribution < -0.4 is 5.73 Å². The van der Waals surface area contributed by atoms with Crippen molar-refractivity contribution in [3.05, 3.63) is 59.0 Å². The number of aliphatic hydroxyl groups is 1. The third kappa shape index (κ3) is 3.33. The van der Waals surface area contributed by atoms with Gasteiger partial charge in [-0.05, 0) is 24.3 Å². The molecule has 29 heavy (non-hydrogen) atoms. The molecule has 0 saturated carbocycles. The molecule has 1 aliphatic heterocycles. The molecule has 2 aromatic heterocycles. The average Bonchev–Trinajstić information content (AvgIpc) is 3.20. The Balaban J connectivity index is 1.78. The van der Waals surface area contributed by atoms with E-state index in [1.165, 1.54) is 4.90 Å². The lowest BCUT2D eigenvalue weighted by Gasteiger charge is -2.13. The maximum Gasteiger partial charge on any atom is 0.285 e. The zero-order chi connectivity index (χ0) is 20.8. The van der Waals surface area contributed by atoms with Crippen LogP contribution in [0.5, 0.6) is 0 Å². The fraction of sp³-hybridized carbons (Fsp3) is 0.190. The van der Waals surface area contributed by atoms with Gasteiger partial charge in [0.25, 0.3) is 11.8 Å². The van der Waals surface area contributed by atoms with Crippen molar-refractivity contribution in [2.75, 3.05) is 13.6 Å². The molecular formula is C21H17ClN4O3.